The first-order valence-corrected chi connectivity index (χ1v) is 32.3. The standard InChI is InChI=1S/C68H62N4Si2/c1-51(57-21-11-9-12-22-57)69-49-71-67-63(25-17-27-65(67)61-41-33-55(34-42-61)45-47-73(3,4)5)59-37-29-53(30-38-59)19-15-16-20-54-31-39-60(40-32-54)64-26-18-28-66(62-43-35-56(36-44-62)46-48-74(6,7)8)68(64)72-50-70-52(2)58-23-13-10-14-24-58/h9-14,17-18,21-44,49-52H,1-8H3,(H,69,71)(H,70,72)/p+2/t51-,52-/m1/s1. The van der Waals surface area contributed by atoms with Crippen LogP contribution in [-0.4, -0.2) is 28.8 Å². The quantitative estimate of drug-likeness (QED) is 0.0427. The Balaban J connectivity index is 1.02. The molecule has 0 bridgehead atoms. The molecule has 74 heavy (non-hydrogen) atoms. The van der Waals surface area contributed by atoms with Crippen molar-refractivity contribution in [3.63, 3.8) is 0 Å². The predicted molar refractivity (Wildman–Crippen MR) is 320 cm³/mol. The summed E-state index contributed by atoms with van der Waals surface area (Å²) < 4.78 is 0. The summed E-state index contributed by atoms with van der Waals surface area (Å²) >= 11 is 0. The number of anilines is 2. The van der Waals surface area contributed by atoms with Crippen molar-refractivity contribution in [1.29, 1.82) is 0 Å². The Morgan fingerprint density at radius 2 is 0.635 bits per heavy atom. The van der Waals surface area contributed by atoms with E-state index in [1.165, 1.54) is 11.1 Å². The number of hydrogen-bond acceptors (Lipinski definition) is 0. The van der Waals surface area contributed by atoms with Gasteiger partial charge in [-0.15, -0.1) is 11.1 Å². The van der Waals surface area contributed by atoms with E-state index >= 15 is 0 Å². The zero-order chi connectivity index (χ0) is 51.9. The maximum absolute atomic E-state index is 3.65. The number of hydrogen-bond donors (Lipinski definition) is 4. The van der Waals surface area contributed by atoms with E-state index in [0.29, 0.717) is 0 Å². The molecule has 2 atom stereocenters. The van der Waals surface area contributed by atoms with Gasteiger partial charge in [-0.1, -0.05) is 209 Å². The van der Waals surface area contributed by atoms with Crippen molar-refractivity contribution in [1.82, 2.24) is 0 Å². The van der Waals surface area contributed by atoms with Gasteiger partial charge >= 0.3 is 0 Å². The molecule has 0 radical (unpaired) electrons. The second-order valence-electron chi connectivity index (χ2n) is 20.4. The molecular weight excluding hydrogens is 929 g/mol. The molecule has 8 aromatic carbocycles. The third-order valence-electron chi connectivity index (χ3n) is 12.3. The molecule has 0 aliphatic carbocycles. The highest BCUT2D eigenvalue weighted by Gasteiger charge is 2.18. The van der Waals surface area contributed by atoms with E-state index in [4.69, 9.17) is 0 Å². The molecule has 0 spiro atoms. The third kappa shape index (κ3) is 14.5. The smallest absolute Gasteiger partial charge is 0.235 e. The summed E-state index contributed by atoms with van der Waals surface area (Å²) in [5.41, 5.74) is 24.0. The van der Waals surface area contributed by atoms with Crippen LogP contribution >= 0.6 is 0 Å². The highest BCUT2D eigenvalue weighted by molar-refractivity contribution is 6.84. The lowest BCUT2D eigenvalue weighted by molar-refractivity contribution is -0.500. The molecule has 0 aromatic heterocycles. The van der Waals surface area contributed by atoms with Gasteiger partial charge in [0.2, 0.25) is 12.7 Å². The first-order valence-electron chi connectivity index (χ1n) is 25.3. The van der Waals surface area contributed by atoms with Crippen LogP contribution in [-0.2, 0) is 0 Å². The molecule has 0 saturated heterocycles. The predicted octanol–water partition coefficient (Wildman–Crippen LogP) is 12.8. The van der Waals surface area contributed by atoms with Crippen LogP contribution in [0.1, 0.15) is 59.3 Å². The van der Waals surface area contributed by atoms with Gasteiger partial charge in [0.25, 0.3) is 0 Å². The van der Waals surface area contributed by atoms with E-state index in [2.05, 4.69) is 302 Å². The number of benzene rings is 8. The molecular formula is C68H64N4Si2+2. The monoisotopic (exact) mass is 992 g/mol. The fourth-order valence-corrected chi connectivity index (χ4v) is 9.23. The van der Waals surface area contributed by atoms with Crippen molar-refractivity contribution in [2.45, 2.75) is 65.2 Å². The van der Waals surface area contributed by atoms with Crippen LogP contribution in [0.25, 0.3) is 44.5 Å². The van der Waals surface area contributed by atoms with Gasteiger partial charge in [0.1, 0.15) is 39.6 Å². The molecule has 0 aliphatic heterocycles. The highest BCUT2D eigenvalue weighted by Crippen LogP contribution is 2.38. The molecule has 8 aromatic rings. The van der Waals surface area contributed by atoms with E-state index < -0.39 is 16.1 Å². The molecule has 0 aliphatic rings. The van der Waals surface area contributed by atoms with Crippen LogP contribution < -0.4 is 20.6 Å². The van der Waals surface area contributed by atoms with Gasteiger partial charge in [0.15, 0.2) is 0 Å². The average molecular weight is 993 g/mol. The molecule has 0 amide bonds. The largest absolute Gasteiger partial charge is 0.274 e. The van der Waals surface area contributed by atoms with Gasteiger partial charge in [0, 0.05) is 44.5 Å². The Bertz CT molecular complexity index is 3280. The lowest BCUT2D eigenvalue weighted by Crippen LogP contribution is -2.71. The van der Waals surface area contributed by atoms with Crippen LogP contribution in [0.2, 0.25) is 39.3 Å². The first-order chi connectivity index (χ1) is 35.8. The third-order valence-corrected chi connectivity index (χ3v) is 14.0. The SMILES string of the molecule is C[C@@H]([NH+]=CNc1c(-c2ccc(C#CC#Cc3ccc(-c4cccc(-c5ccc(C#C[Si](C)(C)C)cc5)c4NC=[NH+][C@H](C)c4ccccc4)cc3)cc2)cccc1-c1ccc(C#C[Si](C)(C)C)cc1)c1ccccc1. The molecule has 0 heterocycles. The Labute approximate surface area is 442 Å². The van der Waals surface area contributed by atoms with E-state index in [0.717, 1.165) is 78.1 Å². The van der Waals surface area contributed by atoms with Gasteiger partial charge < -0.3 is 0 Å². The molecule has 0 unspecified atom stereocenters. The van der Waals surface area contributed by atoms with E-state index in [1.54, 1.807) is 0 Å². The lowest BCUT2D eigenvalue weighted by Gasteiger charge is -2.13. The molecule has 6 heteroatoms. The van der Waals surface area contributed by atoms with Crippen molar-refractivity contribution in [2.75, 3.05) is 10.6 Å². The van der Waals surface area contributed by atoms with Crippen LogP contribution in [0.5, 0.6) is 0 Å². The summed E-state index contributed by atoms with van der Waals surface area (Å²) in [5, 5.41) is 7.29. The summed E-state index contributed by atoms with van der Waals surface area (Å²) in [6.45, 7) is 17.9. The minimum absolute atomic E-state index is 0.125. The second kappa shape index (κ2) is 24.2. The summed E-state index contributed by atoms with van der Waals surface area (Å²) in [5.74, 6) is 19.5. The van der Waals surface area contributed by atoms with Gasteiger partial charge in [-0.25, -0.2) is 10.6 Å². The van der Waals surface area contributed by atoms with Gasteiger partial charge in [-0.05, 0) is 108 Å². The van der Waals surface area contributed by atoms with E-state index in [9.17, 15) is 0 Å². The van der Waals surface area contributed by atoms with Crippen LogP contribution in [0.3, 0.4) is 0 Å². The summed E-state index contributed by atoms with van der Waals surface area (Å²) in [6.07, 6.45) is 3.90. The topological polar surface area (TPSA) is 52.0 Å². The summed E-state index contributed by atoms with van der Waals surface area (Å²) in [7, 11) is -2.98. The van der Waals surface area contributed by atoms with E-state index in [1.807, 2.05) is 24.8 Å². The molecule has 362 valence electrons. The van der Waals surface area contributed by atoms with Gasteiger partial charge in [-0.3, -0.25) is 9.98 Å². The Hall–Kier alpha value is -8.63. The zero-order valence-electron chi connectivity index (χ0n) is 43.8. The van der Waals surface area contributed by atoms with Crippen LogP contribution in [0, 0.1) is 46.6 Å². The molecule has 0 fully saturated rings. The molecule has 0 saturated carbocycles. The highest BCUT2D eigenvalue weighted by atomic mass is 28.3. The minimum atomic E-state index is -1.49. The lowest BCUT2D eigenvalue weighted by atomic mass is 9.95. The second-order valence-corrected chi connectivity index (χ2v) is 29.9. The van der Waals surface area contributed by atoms with Gasteiger partial charge in [0.05, 0.1) is 0 Å². The molecule has 4 nitrogen and oxygen atoms in total. The number of rotatable bonds is 12. The fraction of sp³-hybridized carbons (Fsp3) is 0.147. The molecule has 4 N–H and O–H groups in total. The maximum Gasteiger partial charge on any atom is 0.235 e. The molecule has 8 rings (SSSR count). The zero-order valence-corrected chi connectivity index (χ0v) is 45.8. The normalized spacial score (nSPS) is 11.9. The summed E-state index contributed by atoms with van der Waals surface area (Å²) in [6, 6.07) is 68.0. The fourth-order valence-electron chi connectivity index (χ4n) is 8.19. The van der Waals surface area contributed by atoms with Crippen molar-refractivity contribution in [3.8, 4) is 91.1 Å². The average Bonchev–Trinajstić information content (AvgIpc) is 3.41. The minimum Gasteiger partial charge on any atom is -0.274 e. The van der Waals surface area contributed by atoms with Crippen molar-refractivity contribution < 1.29 is 9.98 Å². The van der Waals surface area contributed by atoms with Crippen LogP contribution in [0.4, 0.5) is 11.4 Å². The van der Waals surface area contributed by atoms with Gasteiger partial charge in [-0.2, -0.15) is 0 Å². The van der Waals surface area contributed by atoms with E-state index in [-0.39, 0.29) is 12.1 Å². The Kier molecular flexibility index (Phi) is 16.9. The van der Waals surface area contributed by atoms with Crippen molar-refractivity contribution in [2.24, 2.45) is 0 Å². The van der Waals surface area contributed by atoms with Crippen LogP contribution in [0.15, 0.2) is 194 Å². The maximum atomic E-state index is 3.65. The Morgan fingerprint density at radius 1 is 0.351 bits per heavy atom. The summed E-state index contributed by atoms with van der Waals surface area (Å²) in [4.78, 5) is 7.09. The number of nitrogens with one attached hydrogen (secondary N) is 4. The van der Waals surface area contributed by atoms with Crippen molar-refractivity contribution in [3.05, 3.63) is 228 Å². The van der Waals surface area contributed by atoms with Crippen molar-refractivity contribution >= 4 is 40.2 Å². The number of para-hydroxylation sites is 2. The first kappa shape index (κ1) is 51.7. The Morgan fingerprint density at radius 3 is 0.919 bits per heavy atom.